The molecule has 1 aromatic carbocycles. The Labute approximate surface area is 112 Å². The molecule has 0 saturated heterocycles. The van der Waals surface area contributed by atoms with Gasteiger partial charge >= 0.3 is 0 Å². The van der Waals surface area contributed by atoms with Gasteiger partial charge in [-0.3, -0.25) is 0 Å². The van der Waals surface area contributed by atoms with Crippen LogP contribution in [0.1, 0.15) is 5.56 Å². The van der Waals surface area contributed by atoms with Crippen molar-refractivity contribution in [3.63, 3.8) is 0 Å². The van der Waals surface area contributed by atoms with Crippen LogP contribution in [0.25, 0.3) is 11.0 Å². The van der Waals surface area contributed by atoms with Gasteiger partial charge in [0, 0.05) is 36.5 Å². The first-order chi connectivity index (χ1) is 9.65. The number of hydrogen-bond donors (Lipinski definition) is 2. The molecule has 102 valence electrons. The Balaban J connectivity index is 1.87. The lowest BCUT2D eigenvalue weighted by molar-refractivity contribution is 0.547. The fourth-order valence-corrected chi connectivity index (χ4v) is 2.05. The third kappa shape index (κ3) is 2.20. The largest absolute Gasteiger partial charge is 0.376 e. The lowest BCUT2D eigenvalue weighted by Gasteiger charge is -2.08. The zero-order chi connectivity index (χ0) is 14.1. The topological polar surface area (TPSA) is 40.7 Å². The average molecular weight is 277 g/mol. The van der Waals surface area contributed by atoms with E-state index in [9.17, 15) is 13.2 Å². The molecular weight excluding hydrogens is 267 g/mol. The zero-order valence-corrected chi connectivity index (χ0v) is 10.3. The predicted octanol–water partition coefficient (Wildman–Crippen LogP) is 3.59. The smallest absolute Gasteiger partial charge is 0.152 e. The van der Waals surface area contributed by atoms with Gasteiger partial charge in [0.15, 0.2) is 11.6 Å². The van der Waals surface area contributed by atoms with Crippen molar-refractivity contribution in [2.24, 2.45) is 0 Å². The minimum atomic E-state index is -0.958. The molecule has 20 heavy (non-hydrogen) atoms. The molecule has 0 aliphatic carbocycles. The van der Waals surface area contributed by atoms with Gasteiger partial charge in [-0.1, -0.05) is 0 Å². The van der Waals surface area contributed by atoms with Crippen LogP contribution < -0.4 is 5.32 Å². The van der Waals surface area contributed by atoms with E-state index in [1.54, 1.807) is 18.5 Å². The molecule has 0 atom stereocenters. The predicted molar refractivity (Wildman–Crippen MR) is 69.7 cm³/mol. The number of halogens is 3. The third-order valence-electron chi connectivity index (χ3n) is 3.00. The Bertz CT molecular complexity index is 744. The van der Waals surface area contributed by atoms with E-state index in [2.05, 4.69) is 15.3 Å². The zero-order valence-electron chi connectivity index (χ0n) is 10.3. The summed E-state index contributed by atoms with van der Waals surface area (Å²) in [7, 11) is 0. The molecule has 0 bridgehead atoms. The van der Waals surface area contributed by atoms with Crippen LogP contribution >= 0.6 is 0 Å². The monoisotopic (exact) mass is 277 g/mol. The summed E-state index contributed by atoms with van der Waals surface area (Å²) in [4.78, 5) is 7.09. The van der Waals surface area contributed by atoms with Crippen LogP contribution in [0.2, 0.25) is 0 Å². The van der Waals surface area contributed by atoms with Gasteiger partial charge in [0.25, 0.3) is 0 Å². The van der Waals surface area contributed by atoms with Crippen molar-refractivity contribution in [1.29, 1.82) is 0 Å². The van der Waals surface area contributed by atoms with Gasteiger partial charge in [-0.2, -0.15) is 0 Å². The highest BCUT2D eigenvalue weighted by Gasteiger charge is 2.12. The molecule has 0 saturated carbocycles. The van der Waals surface area contributed by atoms with E-state index in [0.29, 0.717) is 17.8 Å². The normalized spacial score (nSPS) is 10.9. The van der Waals surface area contributed by atoms with Gasteiger partial charge < -0.3 is 10.3 Å². The highest BCUT2D eigenvalue weighted by molar-refractivity contribution is 5.79. The highest BCUT2D eigenvalue weighted by atomic mass is 19.1. The van der Waals surface area contributed by atoms with Crippen LogP contribution in [-0.2, 0) is 6.54 Å². The number of nitrogens with one attached hydrogen (secondary N) is 2. The van der Waals surface area contributed by atoms with Gasteiger partial charge in [-0.05, 0) is 17.7 Å². The lowest BCUT2D eigenvalue weighted by Crippen LogP contribution is -2.04. The quantitative estimate of drug-likeness (QED) is 0.768. The summed E-state index contributed by atoms with van der Waals surface area (Å²) in [5, 5.41) is 3.50. The summed E-state index contributed by atoms with van der Waals surface area (Å²) >= 11 is 0. The second-order valence-corrected chi connectivity index (χ2v) is 4.31. The fraction of sp³-hybridized carbons (Fsp3) is 0.0714. The number of nitrogens with zero attached hydrogens (tertiary/aromatic N) is 1. The summed E-state index contributed by atoms with van der Waals surface area (Å²) in [6.07, 6.45) is 3.36. The van der Waals surface area contributed by atoms with Crippen molar-refractivity contribution in [2.45, 2.75) is 6.54 Å². The number of anilines is 1. The maximum Gasteiger partial charge on any atom is 0.152 e. The average Bonchev–Trinajstić information content (AvgIpc) is 2.81. The molecule has 2 N–H and O–H groups in total. The molecule has 3 rings (SSSR count). The molecule has 0 fully saturated rings. The Kier molecular flexibility index (Phi) is 3.06. The molecule has 0 unspecified atom stereocenters. The molecule has 0 aliphatic rings. The van der Waals surface area contributed by atoms with Gasteiger partial charge in [0.2, 0.25) is 0 Å². The SMILES string of the molecule is Fc1cc(F)c(NCc2c[nH]c3ncccc23)c(F)c1. The first-order valence-corrected chi connectivity index (χ1v) is 5.94. The second-order valence-electron chi connectivity index (χ2n) is 4.31. The molecule has 2 aromatic heterocycles. The van der Waals surface area contributed by atoms with Crippen molar-refractivity contribution < 1.29 is 13.2 Å². The minimum Gasteiger partial charge on any atom is -0.376 e. The molecule has 0 radical (unpaired) electrons. The molecular formula is C14H10F3N3. The summed E-state index contributed by atoms with van der Waals surface area (Å²) in [6.45, 7) is 0.200. The Hall–Kier alpha value is -2.50. The highest BCUT2D eigenvalue weighted by Crippen LogP contribution is 2.22. The fourth-order valence-electron chi connectivity index (χ4n) is 2.05. The minimum absolute atomic E-state index is 0.200. The first-order valence-electron chi connectivity index (χ1n) is 5.94. The van der Waals surface area contributed by atoms with E-state index in [1.165, 1.54) is 0 Å². The van der Waals surface area contributed by atoms with E-state index in [-0.39, 0.29) is 12.2 Å². The maximum absolute atomic E-state index is 13.5. The molecule has 3 nitrogen and oxygen atoms in total. The van der Waals surface area contributed by atoms with Crippen LogP contribution in [0.4, 0.5) is 18.9 Å². The van der Waals surface area contributed by atoms with Crippen molar-refractivity contribution in [2.75, 3.05) is 5.32 Å². The van der Waals surface area contributed by atoms with E-state index in [0.717, 1.165) is 10.9 Å². The molecule has 3 aromatic rings. The number of benzene rings is 1. The summed E-state index contributed by atoms with van der Waals surface area (Å²) in [5.74, 6) is -2.86. The van der Waals surface area contributed by atoms with Gasteiger partial charge in [0.1, 0.15) is 17.2 Å². The van der Waals surface area contributed by atoms with Gasteiger partial charge in [-0.15, -0.1) is 0 Å². The molecule has 2 heterocycles. The number of hydrogen-bond acceptors (Lipinski definition) is 2. The van der Waals surface area contributed by atoms with Crippen molar-refractivity contribution in [1.82, 2.24) is 9.97 Å². The maximum atomic E-state index is 13.5. The van der Waals surface area contributed by atoms with E-state index in [4.69, 9.17) is 0 Å². The molecule has 0 spiro atoms. The summed E-state index contributed by atoms with van der Waals surface area (Å²) in [6, 6.07) is 4.91. The Morgan fingerprint density at radius 1 is 1.15 bits per heavy atom. The van der Waals surface area contributed by atoms with Crippen LogP contribution in [0.15, 0.2) is 36.7 Å². The number of rotatable bonds is 3. The molecule has 6 heteroatoms. The van der Waals surface area contributed by atoms with E-state index < -0.39 is 17.5 Å². The number of H-pyrrole nitrogens is 1. The Morgan fingerprint density at radius 2 is 1.90 bits per heavy atom. The number of fused-ring (bicyclic) bond motifs is 1. The molecule has 0 amide bonds. The lowest BCUT2D eigenvalue weighted by atomic mass is 10.2. The van der Waals surface area contributed by atoms with Crippen molar-refractivity contribution in [3.05, 3.63) is 59.7 Å². The van der Waals surface area contributed by atoms with E-state index in [1.807, 2.05) is 6.07 Å². The van der Waals surface area contributed by atoms with Crippen LogP contribution in [0, 0.1) is 17.5 Å². The Morgan fingerprint density at radius 3 is 2.65 bits per heavy atom. The third-order valence-corrected chi connectivity index (χ3v) is 3.00. The molecule has 0 aliphatic heterocycles. The van der Waals surface area contributed by atoms with Crippen LogP contribution in [-0.4, -0.2) is 9.97 Å². The standard InChI is InChI=1S/C14H10F3N3/c15-9-4-11(16)13(12(17)5-9)19-6-8-7-20-14-10(8)2-1-3-18-14/h1-5,7,19H,6H2,(H,18,20). The van der Waals surface area contributed by atoms with E-state index >= 15 is 0 Å². The van der Waals surface area contributed by atoms with Crippen molar-refractivity contribution >= 4 is 16.7 Å². The van der Waals surface area contributed by atoms with Gasteiger partial charge in [0.05, 0.1) is 0 Å². The van der Waals surface area contributed by atoms with Crippen LogP contribution in [0.5, 0.6) is 0 Å². The number of aromatic amines is 1. The first kappa shape index (κ1) is 12.5. The number of pyridine rings is 1. The second kappa shape index (κ2) is 4.88. The summed E-state index contributed by atoms with van der Waals surface area (Å²) < 4.78 is 39.8. The van der Waals surface area contributed by atoms with Gasteiger partial charge in [-0.25, -0.2) is 18.2 Å². The summed E-state index contributed by atoms with van der Waals surface area (Å²) in [5.41, 5.74) is 1.17. The van der Waals surface area contributed by atoms with Crippen molar-refractivity contribution in [3.8, 4) is 0 Å². The van der Waals surface area contributed by atoms with Crippen LogP contribution in [0.3, 0.4) is 0 Å². The number of aromatic nitrogens is 2.